The van der Waals surface area contributed by atoms with Gasteiger partial charge in [0.1, 0.15) is 12.3 Å². The van der Waals surface area contributed by atoms with Crippen LogP contribution in [-0.2, 0) is 17.8 Å². The maximum absolute atomic E-state index is 11.2. The minimum absolute atomic E-state index is 0.0800. The molecule has 0 atom stereocenters. The first-order valence-corrected chi connectivity index (χ1v) is 9.60. The van der Waals surface area contributed by atoms with Crippen LogP contribution in [0.3, 0.4) is 0 Å². The lowest BCUT2D eigenvalue weighted by molar-refractivity contribution is -0.137. The molecule has 1 aromatic heterocycles. The zero-order valence-corrected chi connectivity index (χ0v) is 16.0. The number of aromatic nitrogens is 1. The second-order valence-corrected chi connectivity index (χ2v) is 7.15. The summed E-state index contributed by atoms with van der Waals surface area (Å²) in [7, 11) is 0. The van der Waals surface area contributed by atoms with Gasteiger partial charge in [0.2, 0.25) is 0 Å². The fourth-order valence-electron chi connectivity index (χ4n) is 3.62. The molecular formula is C23H20ClNO3. The first-order valence-electron chi connectivity index (χ1n) is 9.22. The highest BCUT2D eigenvalue weighted by molar-refractivity contribution is 6.35. The van der Waals surface area contributed by atoms with E-state index in [0.29, 0.717) is 11.6 Å². The van der Waals surface area contributed by atoms with Crippen molar-refractivity contribution >= 4 is 39.2 Å². The Morgan fingerprint density at radius 3 is 2.68 bits per heavy atom. The summed E-state index contributed by atoms with van der Waals surface area (Å²) < 4.78 is 7.76. The number of aliphatic carboxylic acids is 1. The van der Waals surface area contributed by atoms with E-state index >= 15 is 0 Å². The van der Waals surface area contributed by atoms with Crippen LogP contribution in [0.2, 0.25) is 5.02 Å². The maximum atomic E-state index is 11.2. The van der Waals surface area contributed by atoms with Crippen molar-refractivity contribution < 1.29 is 14.6 Å². The Labute approximate surface area is 167 Å². The van der Waals surface area contributed by atoms with Gasteiger partial charge in [-0.25, -0.2) is 0 Å². The summed E-state index contributed by atoms with van der Waals surface area (Å²) in [6.45, 7) is 0.493. The van der Waals surface area contributed by atoms with E-state index in [1.165, 1.54) is 0 Å². The van der Waals surface area contributed by atoms with E-state index in [4.69, 9.17) is 21.4 Å². The molecule has 0 fully saturated rings. The summed E-state index contributed by atoms with van der Waals surface area (Å²) >= 11 is 6.39. The van der Waals surface area contributed by atoms with Crippen LogP contribution in [-0.4, -0.2) is 22.2 Å². The van der Waals surface area contributed by atoms with Crippen LogP contribution in [0.1, 0.15) is 12.0 Å². The Morgan fingerprint density at radius 1 is 1.04 bits per heavy atom. The van der Waals surface area contributed by atoms with Crippen molar-refractivity contribution in [2.45, 2.75) is 19.4 Å². The fourth-order valence-corrected chi connectivity index (χ4v) is 3.92. The lowest BCUT2D eigenvalue weighted by Gasteiger charge is -2.09. The van der Waals surface area contributed by atoms with Gasteiger partial charge in [-0.1, -0.05) is 54.1 Å². The molecule has 28 heavy (non-hydrogen) atoms. The van der Waals surface area contributed by atoms with Crippen molar-refractivity contribution in [2.24, 2.45) is 0 Å². The van der Waals surface area contributed by atoms with Crippen LogP contribution in [0.5, 0.6) is 5.75 Å². The van der Waals surface area contributed by atoms with Crippen LogP contribution in [0.25, 0.3) is 21.7 Å². The molecule has 4 aromatic rings. The molecule has 0 spiro atoms. The van der Waals surface area contributed by atoms with Crippen molar-refractivity contribution in [3.8, 4) is 5.75 Å². The minimum atomic E-state index is -0.872. The molecule has 0 radical (unpaired) electrons. The molecule has 3 aromatic carbocycles. The maximum Gasteiger partial charge on any atom is 0.323 e. The second-order valence-electron chi connectivity index (χ2n) is 6.74. The standard InChI is InChI=1S/C23H20ClNO3/c24-19-10-4-11-20-23(19)17(14-25(20)15-22(26)27)8-5-13-28-21-12-3-7-16-6-1-2-9-18(16)21/h1-4,6-7,9-12,14H,5,8,13,15H2,(H,26,27). The minimum Gasteiger partial charge on any atom is -0.493 e. The van der Waals surface area contributed by atoms with E-state index in [2.05, 4.69) is 18.2 Å². The quantitative estimate of drug-likeness (QED) is 0.419. The van der Waals surface area contributed by atoms with Crippen LogP contribution in [0.4, 0.5) is 0 Å². The molecular weight excluding hydrogens is 374 g/mol. The summed E-state index contributed by atoms with van der Waals surface area (Å²) in [5.41, 5.74) is 1.89. The lowest BCUT2D eigenvalue weighted by atomic mass is 10.1. The Morgan fingerprint density at radius 2 is 1.82 bits per heavy atom. The van der Waals surface area contributed by atoms with Gasteiger partial charge in [-0.05, 0) is 42.0 Å². The highest BCUT2D eigenvalue weighted by Crippen LogP contribution is 2.30. The van der Waals surface area contributed by atoms with Crippen molar-refractivity contribution in [3.63, 3.8) is 0 Å². The molecule has 0 aliphatic heterocycles. The van der Waals surface area contributed by atoms with Gasteiger partial charge in [-0.2, -0.15) is 0 Å². The number of hydrogen-bond acceptors (Lipinski definition) is 2. The average molecular weight is 394 g/mol. The summed E-state index contributed by atoms with van der Waals surface area (Å²) in [5.74, 6) is 0.00662. The molecule has 5 heteroatoms. The van der Waals surface area contributed by atoms with Crippen LogP contribution >= 0.6 is 11.6 Å². The number of benzene rings is 3. The van der Waals surface area contributed by atoms with Crippen LogP contribution in [0.15, 0.2) is 66.9 Å². The molecule has 1 heterocycles. The monoisotopic (exact) mass is 393 g/mol. The van der Waals surface area contributed by atoms with E-state index in [1.807, 2.05) is 48.7 Å². The Kier molecular flexibility index (Phi) is 5.22. The van der Waals surface area contributed by atoms with Crippen molar-refractivity contribution in [1.82, 2.24) is 4.57 Å². The van der Waals surface area contributed by atoms with Gasteiger partial charge in [-0.3, -0.25) is 4.79 Å². The second kappa shape index (κ2) is 7.95. The van der Waals surface area contributed by atoms with Crippen molar-refractivity contribution in [3.05, 3.63) is 77.4 Å². The fraction of sp³-hybridized carbons (Fsp3) is 0.174. The van der Waals surface area contributed by atoms with Crippen LogP contribution in [0, 0.1) is 0 Å². The summed E-state index contributed by atoms with van der Waals surface area (Å²) in [6, 6.07) is 19.8. The number of nitrogens with zero attached hydrogens (tertiary/aromatic N) is 1. The molecule has 142 valence electrons. The van der Waals surface area contributed by atoms with Gasteiger partial charge in [0.05, 0.1) is 17.1 Å². The van der Waals surface area contributed by atoms with Gasteiger partial charge < -0.3 is 14.4 Å². The number of aryl methyl sites for hydroxylation is 1. The SMILES string of the molecule is O=C(O)Cn1cc(CCCOc2cccc3ccccc23)c2c(Cl)cccc21. The van der Waals surface area contributed by atoms with Gasteiger partial charge in [0.25, 0.3) is 0 Å². The van der Waals surface area contributed by atoms with E-state index in [9.17, 15) is 4.79 Å². The third-order valence-electron chi connectivity index (χ3n) is 4.84. The van der Waals surface area contributed by atoms with E-state index in [1.54, 1.807) is 4.57 Å². The van der Waals surface area contributed by atoms with Gasteiger partial charge in [0.15, 0.2) is 0 Å². The smallest absolute Gasteiger partial charge is 0.323 e. The first kappa shape index (κ1) is 18.4. The molecule has 1 N–H and O–H groups in total. The van der Waals surface area contributed by atoms with Gasteiger partial charge >= 0.3 is 5.97 Å². The number of ether oxygens (including phenoxy) is 1. The third-order valence-corrected chi connectivity index (χ3v) is 5.15. The molecule has 0 saturated heterocycles. The molecule has 4 rings (SSSR count). The summed E-state index contributed by atoms with van der Waals surface area (Å²) in [4.78, 5) is 11.2. The number of rotatable bonds is 7. The summed E-state index contributed by atoms with van der Waals surface area (Å²) in [6.07, 6.45) is 3.46. The number of halogens is 1. The zero-order valence-electron chi connectivity index (χ0n) is 15.3. The normalized spacial score (nSPS) is 11.2. The molecule has 0 bridgehead atoms. The Balaban J connectivity index is 1.49. The average Bonchev–Trinajstić information content (AvgIpc) is 3.03. The number of hydrogen-bond donors (Lipinski definition) is 1. The highest BCUT2D eigenvalue weighted by Gasteiger charge is 2.13. The predicted octanol–water partition coefficient (Wildman–Crippen LogP) is 5.54. The number of carboxylic acid groups (broad SMARTS) is 1. The zero-order chi connectivity index (χ0) is 19.5. The van der Waals surface area contributed by atoms with Crippen molar-refractivity contribution in [1.29, 1.82) is 0 Å². The molecule has 0 aliphatic carbocycles. The van der Waals surface area contributed by atoms with Gasteiger partial charge in [0, 0.05) is 17.0 Å². The first-order chi connectivity index (χ1) is 13.6. The van der Waals surface area contributed by atoms with E-state index in [0.717, 1.165) is 45.8 Å². The van der Waals surface area contributed by atoms with E-state index in [-0.39, 0.29) is 6.54 Å². The van der Waals surface area contributed by atoms with Crippen molar-refractivity contribution in [2.75, 3.05) is 6.61 Å². The topological polar surface area (TPSA) is 51.5 Å². The number of carboxylic acids is 1. The van der Waals surface area contributed by atoms with E-state index < -0.39 is 5.97 Å². The largest absolute Gasteiger partial charge is 0.493 e. The third kappa shape index (κ3) is 3.69. The molecule has 0 amide bonds. The molecule has 0 unspecified atom stereocenters. The lowest BCUT2D eigenvalue weighted by Crippen LogP contribution is -2.07. The summed E-state index contributed by atoms with van der Waals surface area (Å²) in [5, 5.41) is 13.0. The molecule has 4 nitrogen and oxygen atoms in total. The Bertz CT molecular complexity index is 1140. The van der Waals surface area contributed by atoms with Crippen LogP contribution < -0.4 is 4.74 Å². The Hall–Kier alpha value is -2.98. The molecule has 0 saturated carbocycles. The predicted molar refractivity (Wildman–Crippen MR) is 112 cm³/mol. The van der Waals surface area contributed by atoms with Gasteiger partial charge in [-0.15, -0.1) is 0 Å². The number of carbonyl (C=O) groups is 1. The number of fused-ring (bicyclic) bond motifs is 2. The highest BCUT2D eigenvalue weighted by atomic mass is 35.5. The molecule has 0 aliphatic rings.